The fourth-order valence-corrected chi connectivity index (χ4v) is 1.79. The highest BCUT2D eigenvalue weighted by Crippen LogP contribution is 2.23. The van der Waals surface area contributed by atoms with Crippen molar-refractivity contribution in [1.82, 2.24) is 5.32 Å². The zero-order valence-electron chi connectivity index (χ0n) is 8.15. The van der Waals surface area contributed by atoms with Gasteiger partial charge in [-0.15, -0.1) is 0 Å². The molecule has 0 bridgehead atoms. The number of hydrogen-bond donors (Lipinski definition) is 1. The smallest absolute Gasteiger partial charge is 0.110 e. The maximum atomic E-state index is 12.5. The molecule has 12 heavy (non-hydrogen) atoms. The van der Waals surface area contributed by atoms with Crippen LogP contribution in [0.25, 0.3) is 0 Å². The van der Waals surface area contributed by atoms with Crippen LogP contribution in [0.1, 0.15) is 39.5 Å². The van der Waals surface area contributed by atoms with Gasteiger partial charge in [0.2, 0.25) is 0 Å². The molecule has 0 aromatic carbocycles. The molecule has 0 spiro atoms. The second-order valence-corrected chi connectivity index (χ2v) is 4.15. The van der Waals surface area contributed by atoms with Gasteiger partial charge in [-0.1, -0.05) is 6.92 Å². The van der Waals surface area contributed by atoms with Crippen LogP contribution in [0, 0.1) is 5.92 Å². The molecule has 0 aliphatic heterocycles. The Hall–Kier alpha value is -0.110. The molecule has 0 aromatic rings. The van der Waals surface area contributed by atoms with Crippen molar-refractivity contribution in [1.29, 1.82) is 0 Å². The molecule has 1 aliphatic rings. The molecule has 1 aliphatic carbocycles. The van der Waals surface area contributed by atoms with Gasteiger partial charge in [-0.3, -0.25) is 0 Å². The Balaban J connectivity index is 2.09. The van der Waals surface area contributed by atoms with Crippen LogP contribution >= 0.6 is 0 Å². The van der Waals surface area contributed by atoms with Crippen LogP contribution in [-0.2, 0) is 0 Å². The van der Waals surface area contributed by atoms with E-state index in [0.29, 0.717) is 12.6 Å². The van der Waals surface area contributed by atoms with Gasteiger partial charge in [-0.05, 0) is 38.5 Å². The summed E-state index contributed by atoms with van der Waals surface area (Å²) in [5.41, 5.74) is 0. The summed E-state index contributed by atoms with van der Waals surface area (Å²) < 4.78 is 12.5. The lowest BCUT2D eigenvalue weighted by atomic mass is 9.87. The molecule has 1 rings (SSSR count). The Morgan fingerprint density at radius 1 is 1.33 bits per heavy atom. The lowest BCUT2D eigenvalue weighted by Crippen LogP contribution is -2.35. The number of hydrogen-bond acceptors (Lipinski definition) is 1. The third-order valence-electron chi connectivity index (χ3n) is 2.70. The molecule has 0 radical (unpaired) electrons. The number of nitrogens with one attached hydrogen (secondary N) is 1. The van der Waals surface area contributed by atoms with Crippen molar-refractivity contribution in [2.45, 2.75) is 51.7 Å². The maximum absolute atomic E-state index is 12.5. The van der Waals surface area contributed by atoms with E-state index in [9.17, 15) is 4.39 Å². The molecule has 1 nitrogen and oxygen atoms in total. The largest absolute Gasteiger partial charge is 0.311 e. The Labute approximate surface area is 74.7 Å². The molecule has 1 fully saturated rings. The number of rotatable bonds is 3. The highest BCUT2D eigenvalue weighted by molar-refractivity contribution is 4.75. The quantitative estimate of drug-likeness (QED) is 0.691. The number of alkyl halides is 1. The van der Waals surface area contributed by atoms with E-state index in [1.54, 1.807) is 6.92 Å². The van der Waals surface area contributed by atoms with Gasteiger partial charge in [0.15, 0.2) is 0 Å². The van der Waals surface area contributed by atoms with Crippen LogP contribution in [0.3, 0.4) is 0 Å². The van der Waals surface area contributed by atoms with E-state index in [2.05, 4.69) is 12.2 Å². The monoisotopic (exact) mass is 173 g/mol. The Kier molecular flexibility index (Phi) is 3.99. The summed E-state index contributed by atoms with van der Waals surface area (Å²) >= 11 is 0. The molecule has 1 N–H and O–H groups in total. The first-order chi connectivity index (χ1) is 5.68. The van der Waals surface area contributed by atoms with Gasteiger partial charge in [-0.25, -0.2) is 4.39 Å². The summed E-state index contributed by atoms with van der Waals surface area (Å²) in [6, 6.07) is 0.583. The molecule has 2 heteroatoms. The molecule has 1 atom stereocenters. The van der Waals surface area contributed by atoms with E-state index in [-0.39, 0.29) is 0 Å². The van der Waals surface area contributed by atoms with Gasteiger partial charge < -0.3 is 5.32 Å². The second-order valence-electron chi connectivity index (χ2n) is 4.15. The lowest BCUT2D eigenvalue weighted by molar-refractivity contribution is 0.274. The van der Waals surface area contributed by atoms with Gasteiger partial charge >= 0.3 is 0 Å². The van der Waals surface area contributed by atoms with E-state index in [0.717, 1.165) is 5.92 Å². The molecule has 1 saturated carbocycles. The van der Waals surface area contributed by atoms with Crippen molar-refractivity contribution in [3.63, 3.8) is 0 Å². The minimum Gasteiger partial charge on any atom is -0.311 e. The first kappa shape index (κ1) is 9.97. The van der Waals surface area contributed by atoms with Crippen molar-refractivity contribution in [2.75, 3.05) is 6.54 Å². The Bertz CT molecular complexity index is 117. The fraction of sp³-hybridized carbons (Fsp3) is 1.00. The molecule has 72 valence electrons. The SMILES string of the molecule is CC(F)CNC1CCC(C)CC1. The van der Waals surface area contributed by atoms with Gasteiger partial charge in [-0.2, -0.15) is 0 Å². The summed E-state index contributed by atoms with van der Waals surface area (Å²) in [5.74, 6) is 0.880. The highest BCUT2D eigenvalue weighted by atomic mass is 19.1. The second kappa shape index (κ2) is 4.80. The standard InChI is InChI=1S/C10H20FN/c1-8-3-5-10(6-4-8)12-7-9(2)11/h8-10,12H,3-7H2,1-2H3. The average molecular weight is 173 g/mol. The lowest BCUT2D eigenvalue weighted by Gasteiger charge is -2.27. The van der Waals surface area contributed by atoms with Gasteiger partial charge in [0.1, 0.15) is 6.17 Å². The molecule has 1 unspecified atom stereocenters. The van der Waals surface area contributed by atoms with Crippen molar-refractivity contribution in [3.05, 3.63) is 0 Å². The van der Waals surface area contributed by atoms with Crippen LogP contribution in [0.4, 0.5) is 4.39 Å². The van der Waals surface area contributed by atoms with E-state index >= 15 is 0 Å². The summed E-state index contributed by atoms with van der Waals surface area (Å²) in [4.78, 5) is 0. The minimum absolute atomic E-state index is 0.527. The van der Waals surface area contributed by atoms with E-state index in [4.69, 9.17) is 0 Å². The topological polar surface area (TPSA) is 12.0 Å². The first-order valence-corrected chi connectivity index (χ1v) is 5.06. The predicted molar refractivity (Wildman–Crippen MR) is 50.0 cm³/mol. The third kappa shape index (κ3) is 3.53. The molecule has 0 heterocycles. The Morgan fingerprint density at radius 3 is 2.42 bits per heavy atom. The Morgan fingerprint density at radius 2 is 1.92 bits per heavy atom. The van der Waals surface area contributed by atoms with Crippen LogP contribution in [0.5, 0.6) is 0 Å². The summed E-state index contributed by atoms with van der Waals surface area (Å²) in [6.45, 7) is 4.44. The number of halogens is 1. The van der Waals surface area contributed by atoms with Crippen molar-refractivity contribution in [2.24, 2.45) is 5.92 Å². The normalized spacial score (nSPS) is 33.2. The zero-order valence-corrected chi connectivity index (χ0v) is 8.15. The molecule has 0 saturated heterocycles. The van der Waals surface area contributed by atoms with Crippen molar-refractivity contribution in [3.8, 4) is 0 Å². The average Bonchev–Trinajstić information content (AvgIpc) is 2.03. The summed E-state index contributed by atoms with van der Waals surface area (Å²) in [5, 5.41) is 3.27. The van der Waals surface area contributed by atoms with Gasteiger partial charge in [0.25, 0.3) is 0 Å². The third-order valence-corrected chi connectivity index (χ3v) is 2.70. The van der Waals surface area contributed by atoms with E-state index < -0.39 is 6.17 Å². The predicted octanol–water partition coefficient (Wildman–Crippen LogP) is 2.51. The highest BCUT2D eigenvalue weighted by Gasteiger charge is 2.17. The van der Waals surface area contributed by atoms with Gasteiger partial charge in [0.05, 0.1) is 0 Å². The first-order valence-electron chi connectivity index (χ1n) is 5.06. The van der Waals surface area contributed by atoms with Crippen LogP contribution in [0.15, 0.2) is 0 Å². The molecular weight excluding hydrogens is 153 g/mol. The minimum atomic E-state index is -0.704. The summed E-state index contributed by atoms with van der Waals surface area (Å²) in [6.07, 6.45) is 4.36. The van der Waals surface area contributed by atoms with Crippen LogP contribution in [0.2, 0.25) is 0 Å². The van der Waals surface area contributed by atoms with Gasteiger partial charge in [0, 0.05) is 12.6 Å². The summed E-state index contributed by atoms with van der Waals surface area (Å²) in [7, 11) is 0. The molecular formula is C10H20FN. The van der Waals surface area contributed by atoms with Crippen molar-refractivity contribution >= 4 is 0 Å². The van der Waals surface area contributed by atoms with E-state index in [1.165, 1.54) is 25.7 Å². The van der Waals surface area contributed by atoms with Crippen LogP contribution in [-0.4, -0.2) is 18.8 Å². The van der Waals surface area contributed by atoms with Crippen LogP contribution < -0.4 is 5.32 Å². The fourth-order valence-electron chi connectivity index (χ4n) is 1.79. The maximum Gasteiger partial charge on any atom is 0.110 e. The zero-order chi connectivity index (χ0) is 8.97. The van der Waals surface area contributed by atoms with E-state index in [1.807, 2.05) is 0 Å². The molecule has 0 aromatic heterocycles. The van der Waals surface area contributed by atoms with Crippen molar-refractivity contribution < 1.29 is 4.39 Å². The molecule has 0 amide bonds.